The number of benzene rings is 2. The summed E-state index contributed by atoms with van der Waals surface area (Å²) in [4.78, 5) is 0. The summed E-state index contributed by atoms with van der Waals surface area (Å²) in [6.07, 6.45) is -4.47. The van der Waals surface area contributed by atoms with E-state index in [9.17, 15) is 17.6 Å². The molecule has 0 fully saturated rings. The molecule has 0 saturated heterocycles. The lowest BCUT2D eigenvalue weighted by Crippen LogP contribution is -2.07. The van der Waals surface area contributed by atoms with Crippen LogP contribution in [-0.2, 0) is 12.1 Å². The fourth-order valence-electron chi connectivity index (χ4n) is 1.81. The van der Waals surface area contributed by atoms with Crippen LogP contribution in [0.2, 0.25) is 0 Å². The molecule has 2 aromatic rings. The maximum atomic E-state index is 13.6. The summed E-state index contributed by atoms with van der Waals surface area (Å²) in [7, 11) is 0. The van der Waals surface area contributed by atoms with E-state index in [1.54, 1.807) is 0 Å². The third-order valence-electron chi connectivity index (χ3n) is 2.74. The monoisotopic (exact) mass is 288 g/mol. The fourth-order valence-corrected chi connectivity index (χ4v) is 2.02. The molecule has 0 unspecified atom stereocenters. The van der Waals surface area contributed by atoms with Crippen LogP contribution in [0.25, 0.3) is 11.1 Å². The van der Waals surface area contributed by atoms with E-state index in [1.165, 1.54) is 30.3 Å². The first-order valence-corrected chi connectivity index (χ1v) is 5.98. The first kappa shape index (κ1) is 13.9. The van der Waals surface area contributed by atoms with Gasteiger partial charge in [-0.3, -0.25) is 0 Å². The van der Waals surface area contributed by atoms with Crippen molar-refractivity contribution in [3.05, 3.63) is 59.4 Å². The molecule has 2 rings (SSSR count). The van der Waals surface area contributed by atoms with Gasteiger partial charge in [-0.15, -0.1) is 11.6 Å². The van der Waals surface area contributed by atoms with Crippen molar-refractivity contribution in [2.45, 2.75) is 12.1 Å². The Hall–Kier alpha value is -1.55. The van der Waals surface area contributed by atoms with Crippen molar-refractivity contribution < 1.29 is 17.6 Å². The van der Waals surface area contributed by atoms with E-state index in [-0.39, 0.29) is 22.6 Å². The molecule has 0 radical (unpaired) electrons. The number of rotatable bonds is 2. The highest BCUT2D eigenvalue weighted by Gasteiger charge is 2.33. The van der Waals surface area contributed by atoms with Crippen LogP contribution in [0.1, 0.15) is 11.1 Å². The second-order valence-electron chi connectivity index (χ2n) is 3.98. The molecule has 0 aliphatic rings. The highest BCUT2D eigenvalue weighted by atomic mass is 35.5. The summed E-state index contributed by atoms with van der Waals surface area (Å²) < 4.78 is 52.2. The van der Waals surface area contributed by atoms with Crippen LogP contribution in [0.4, 0.5) is 17.6 Å². The normalized spacial score (nSPS) is 11.6. The summed E-state index contributed by atoms with van der Waals surface area (Å²) in [5, 5.41) is 0. The van der Waals surface area contributed by atoms with Gasteiger partial charge in [0, 0.05) is 5.56 Å². The summed E-state index contributed by atoms with van der Waals surface area (Å²) in [6, 6.07) is 8.98. The lowest BCUT2D eigenvalue weighted by Gasteiger charge is -2.13. The predicted octanol–water partition coefficient (Wildman–Crippen LogP) is 5.25. The molecular formula is C14H9ClF4. The maximum absolute atomic E-state index is 13.6. The fraction of sp³-hybridized carbons (Fsp3) is 0.143. The number of hydrogen-bond donors (Lipinski definition) is 0. The standard InChI is InChI=1S/C14H9ClF4/c15-8-10-6-5-9(7-13(10)16)11-3-1-2-4-12(11)14(17,18)19/h1-7H,8H2. The van der Waals surface area contributed by atoms with E-state index in [0.717, 1.165) is 12.1 Å². The molecule has 2 aromatic carbocycles. The lowest BCUT2D eigenvalue weighted by atomic mass is 9.98. The van der Waals surface area contributed by atoms with Crippen LogP contribution in [0, 0.1) is 5.82 Å². The molecule has 0 aliphatic carbocycles. The Labute approximate surface area is 112 Å². The number of halogens is 5. The lowest BCUT2D eigenvalue weighted by molar-refractivity contribution is -0.137. The quantitative estimate of drug-likeness (QED) is 0.523. The molecule has 0 atom stereocenters. The molecule has 0 nitrogen and oxygen atoms in total. The van der Waals surface area contributed by atoms with Crippen LogP contribution in [0.3, 0.4) is 0 Å². The Morgan fingerprint density at radius 2 is 1.68 bits per heavy atom. The minimum atomic E-state index is -4.47. The highest BCUT2D eigenvalue weighted by Crippen LogP contribution is 2.37. The SMILES string of the molecule is Fc1cc(-c2ccccc2C(F)(F)F)ccc1CCl. The minimum absolute atomic E-state index is 0.0208. The topological polar surface area (TPSA) is 0 Å². The summed E-state index contributed by atoms with van der Waals surface area (Å²) in [5.41, 5.74) is -0.391. The maximum Gasteiger partial charge on any atom is 0.417 e. The van der Waals surface area contributed by atoms with Crippen LogP contribution in [0.5, 0.6) is 0 Å². The molecule has 0 bridgehead atoms. The van der Waals surface area contributed by atoms with Gasteiger partial charge in [0.05, 0.1) is 11.4 Å². The molecule has 0 saturated carbocycles. The second-order valence-corrected chi connectivity index (χ2v) is 4.25. The van der Waals surface area contributed by atoms with Gasteiger partial charge in [0.15, 0.2) is 0 Å². The zero-order valence-electron chi connectivity index (χ0n) is 9.64. The molecular weight excluding hydrogens is 280 g/mol. The van der Waals surface area contributed by atoms with Crippen molar-refractivity contribution in [3.63, 3.8) is 0 Å². The van der Waals surface area contributed by atoms with E-state index < -0.39 is 17.6 Å². The van der Waals surface area contributed by atoms with Gasteiger partial charge in [0.1, 0.15) is 5.82 Å². The molecule has 0 aliphatic heterocycles. The zero-order chi connectivity index (χ0) is 14.0. The van der Waals surface area contributed by atoms with E-state index in [2.05, 4.69) is 0 Å². The van der Waals surface area contributed by atoms with Crippen molar-refractivity contribution in [2.75, 3.05) is 0 Å². The van der Waals surface area contributed by atoms with Crippen molar-refractivity contribution in [1.29, 1.82) is 0 Å². The van der Waals surface area contributed by atoms with Gasteiger partial charge in [-0.2, -0.15) is 13.2 Å². The zero-order valence-corrected chi connectivity index (χ0v) is 10.4. The van der Waals surface area contributed by atoms with Crippen LogP contribution >= 0.6 is 11.6 Å². The molecule has 100 valence electrons. The predicted molar refractivity (Wildman–Crippen MR) is 66.4 cm³/mol. The third-order valence-corrected chi connectivity index (χ3v) is 3.03. The number of hydrogen-bond acceptors (Lipinski definition) is 0. The van der Waals surface area contributed by atoms with Crippen LogP contribution in [-0.4, -0.2) is 0 Å². The summed E-state index contributed by atoms with van der Waals surface area (Å²) in [5.74, 6) is -0.628. The average Bonchev–Trinajstić information content (AvgIpc) is 2.37. The molecule has 0 N–H and O–H groups in total. The van der Waals surface area contributed by atoms with Crippen LogP contribution in [0.15, 0.2) is 42.5 Å². The van der Waals surface area contributed by atoms with E-state index in [1.807, 2.05) is 0 Å². The van der Waals surface area contributed by atoms with E-state index in [4.69, 9.17) is 11.6 Å². The van der Waals surface area contributed by atoms with Gasteiger partial charge < -0.3 is 0 Å². The van der Waals surface area contributed by atoms with Gasteiger partial charge in [-0.25, -0.2) is 4.39 Å². The second kappa shape index (κ2) is 5.21. The van der Waals surface area contributed by atoms with Gasteiger partial charge in [0.25, 0.3) is 0 Å². The average molecular weight is 289 g/mol. The van der Waals surface area contributed by atoms with Gasteiger partial charge in [0.2, 0.25) is 0 Å². The molecule has 0 aromatic heterocycles. The van der Waals surface area contributed by atoms with Crippen molar-refractivity contribution in [3.8, 4) is 11.1 Å². The Morgan fingerprint density at radius 3 is 2.26 bits per heavy atom. The molecule has 0 spiro atoms. The van der Waals surface area contributed by atoms with Gasteiger partial charge >= 0.3 is 6.18 Å². The third kappa shape index (κ3) is 2.89. The largest absolute Gasteiger partial charge is 0.417 e. The summed E-state index contributed by atoms with van der Waals surface area (Å²) >= 11 is 5.51. The minimum Gasteiger partial charge on any atom is -0.207 e. The first-order chi connectivity index (χ1) is 8.93. The molecule has 19 heavy (non-hydrogen) atoms. The van der Waals surface area contributed by atoms with Gasteiger partial charge in [-0.05, 0) is 23.3 Å². The molecule has 5 heteroatoms. The molecule has 0 heterocycles. The Kier molecular flexibility index (Phi) is 3.80. The Bertz CT molecular complexity index is 590. The Balaban J connectivity index is 2.57. The van der Waals surface area contributed by atoms with Crippen molar-refractivity contribution in [2.24, 2.45) is 0 Å². The number of alkyl halides is 4. The summed E-state index contributed by atoms with van der Waals surface area (Å²) in [6.45, 7) is 0. The van der Waals surface area contributed by atoms with E-state index in [0.29, 0.717) is 0 Å². The Morgan fingerprint density at radius 1 is 1.00 bits per heavy atom. The smallest absolute Gasteiger partial charge is 0.207 e. The van der Waals surface area contributed by atoms with Crippen molar-refractivity contribution in [1.82, 2.24) is 0 Å². The first-order valence-electron chi connectivity index (χ1n) is 5.44. The highest BCUT2D eigenvalue weighted by molar-refractivity contribution is 6.17. The van der Waals surface area contributed by atoms with Crippen molar-refractivity contribution >= 4 is 11.6 Å². The van der Waals surface area contributed by atoms with Gasteiger partial charge in [-0.1, -0.05) is 30.3 Å². The van der Waals surface area contributed by atoms with E-state index >= 15 is 0 Å². The van der Waals surface area contributed by atoms with Crippen LogP contribution < -0.4 is 0 Å². The molecule has 0 amide bonds.